The van der Waals surface area contributed by atoms with Gasteiger partial charge >= 0.3 is 0 Å². The van der Waals surface area contributed by atoms with E-state index in [0.29, 0.717) is 12.8 Å². The molecule has 1 aromatic carbocycles. The number of hydrogen-bond acceptors (Lipinski definition) is 8. The number of aromatic hydroxyl groups is 1. The first-order chi connectivity index (χ1) is 17.9. The zero-order valence-electron chi connectivity index (χ0n) is 22.8. The Morgan fingerprint density at radius 1 is 1.08 bits per heavy atom. The summed E-state index contributed by atoms with van der Waals surface area (Å²) in [6.45, 7) is 1.82. The maximum absolute atomic E-state index is 14.1. The molecule has 0 aromatic heterocycles. The van der Waals surface area contributed by atoms with Crippen molar-refractivity contribution in [3.05, 3.63) is 45.7 Å². The number of nitrogens with zero attached hydrogens (tertiary/aromatic N) is 3. The molecule has 4 atom stereocenters. The maximum Gasteiger partial charge on any atom is 0.252 e. The van der Waals surface area contributed by atoms with Gasteiger partial charge in [0, 0.05) is 31.4 Å². The lowest BCUT2D eigenvalue weighted by molar-refractivity contribution is -0.126. The minimum atomic E-state index is -1.01. The van der Waals surface area contributed by atoms with Crippen LogP contribution in [0.25, 0.3) is 0 Å². The topological polar surface area (TPSA) is 127 Å². The molecule has 1 heterocycles. The van der Waals surface area contributed by atoms with Crippen molar-refractivity contribution >= 4 is 23.2 Å². The Labute approximate surface area is 223 Å². The number of likely N-dealkylation sites (tertiary alicyclic amines) is 1. The van der Waals surface area contributed by atoms with E-state index in [4.69, 9.17) is 5.73 Å². The third-order valence-corrected chi connectivity index (χ3v) is 9.13. The van der Waals surface area contributed by atoms with Gasteiger partial charge < -0.3 is 30.6 Å². The van der Waals surface area contributed by atoms with Gasteiger partial charge in [-0.3, -0.25) is 14.4 Å². The molecule has 1 aromatic rings. The third-order valence-electron chi connectivity index (χ3n) is 9.13. The molecule has 0 unspecified atom stereocenters. The van der Waals surface area contributed by atoms with E-state index in [1.54, 1.807) is 6.08 Å². The van der Waals surface area contributed by atoms with Crippen LogP contribution in [-0.2, 0) is 16.0 Å². The Morgan fingerprint density at radius 2 is 1.74 bits per heavy atom. The molecule has 3 aliphatic carbocycles. The number of phenols is 1. The first-order valence-corrected chi connectivity index (χ1v) is 13.4. The van der Waals surface area contributed by atoms with Crippen molar-refractivity contribution in [3.8, 4) is 5.75 Å². The summed E-state index contributed by atoms with van der Waals surface area (Å²) in [5.41, 5.74) is 8.26. The number of primary amides is 1. The van der Waals surface area contributed by atoms with E-state index >= 15 is 0 Å². The first-order valence-electron chi connectivity index (χ1n) is 13.4. The minimum Gasteiger partial charge on any atom is -0.511 e. The number of allylic oxidation sites excluding steroid dienone is 2. The smallest absolute Gasteiger partial charge is 0.252 e. The number of aliphatic hydroxyl groups is 1. The summed E-state index contributed by atoms with van der Waals surface area (Å²) < 4.78 is 0. The number of aliphatic hydroxyl groups excluding tert-OH is 1. The quantitative estimate of drug-likeness (QED) is 0.513. The number of piperidine rings is 1. The number of fused-ring (bicyclic) bond motifs is 3. The summed E-state index contributed by atoms with van der Waals surface area (Å²) in [5, 5.41) is 23.0. The van der Waals surface area contributed by atoms with Crippen molar-refractivity contribution in [2.45, 2.75) is 37.6 Å². The molecule has 9 nitrogen and oxygen atoms in total. The van der Waals surface area contributed by atoms with Gasteiger partial charge in [0.05, 0.1) is 17.1 Å². The van der Waals surface area contributed by atoms with E-state index in [9.17, 15) is 24.6 Å². The fraction of sp³-hybridized carbons (Fsp3) is 0.552. The number of ketones is 2. The maximum atomic E-state index is 14.1. The van der Waals surface area contributed by atoms with E-state index in [2.05, 4.69) is 11.9 Å². The van der Waals surface area contributed by atoms with Crippen LogP contribution in [0.1, 0.15) is 46.7 Å². The molecule has 0 radical (unpaired) electrons. The predicted octanol–water partition coefficient (Wildman–Crippen LogP) is 2.00. The van der Waals surface area contributed by atoms with Crippen molar-refractivity contribution in [2.75, 3.05) is 53.2 Å². The van der Waals surface area contributed by atoms with E-state index < -0.39 is 23.4 Å². The second-order valence-electron chi connectivity index (χ2n) is 11.8. The molecule has 1 saturated heterocycles. The first kappa shape index (κ1) is 26.4. The molecule has 9 heteroatoms. The van der Waals surface area contributed by atoms with Crippen LogP contribution >= 0.6 is 0 Å². The van der Waals surface area contributed by atoms with E-state index in [0.717, 1.165) is 42.7 Å². The van der Waals surface area contributed by atoms with Crippen molar-refractivity contribution < 1.29 is 24.6 Å². The highest BCUT2D eigenvalue weighted by Crippen LogP contribution is 2.52. The Kier molecular flexibility index (Phi) is 6.64. The number of rotatable bonds is 4. The summed E-state index contributed by atoms with van der Waals surface area (Å²) in [7, 11) is 9.67. The van der Waals surface area contributed by atoms with Crippen LogP contribution in [-0.4, -0.2) is 91.9 Å². The van der Waals surface area contributed by atoms with Gasteiger partial charge in [-0.05, 0) is 94.9 Å². The summed E-state index contributed by atoms with van der Waals surface area (Å²) in [5.74, 6) is -3.58. The van der Waals surface area contributed by atoms with Crippen LogP contribution in [0.2, 0.25) is 0 Å². The predicted molar refractivity (Wildman–Crippen MR) is 144 cm³/mol. The van der Waals surface area contributed by atoms with E-state index in [1.807, 2.05) is 44.1 Å². The lowest BCUT2D eigenvalue weighted by Crippen LogP contribution is -2.51. The van der Waals surface area contributed by atoms with Crippen molar-refractivity contribution in [1.29, 1.82) is 0 Å². The van der Waals surface area contributed by atoms with Gasteiger partial charge in [-0.25, -0.2) is 0 Å². The third kappa shape index (κ3) is 4.03. The zero-order valence-corrected chi connectivity index (χ0v) is 22.8. The number of anilines is 1. The number of likely N-dealkylation sites (N-methyl/N-ethyl adjacent to an activating group) is 1. The lowest BCUT2D eigenvalue weighted by atomic mass is 9.61. The summed E-state index contributed by atoms with van der Waals surface area (Å²) in [6.07, 6.45) is 4.34. The summed E-state index contributed by atoms with van der Waals surface area (Å²) in [4.78, 5) is 45.7. The number of hydrogen-bond donors (Lipinski definition) is 3. The molecule has 204 valence electrons. The monoisotopic (exact) mass is 522 g/mol. The van der Waals surface area contributed by atoms with Gasteiger partial charge in [0.2, 0.25) is 0 Å². The van der Waals surface area contributed by atoms with Gasteiger partial charge in [0.25, 0.3) is 5.91 Å². The fourth-order valence-electron chi connectivity index (χ4n) is 7.16. The normalized spacial score (nSPS) is 28.1. The number of nitrogens with two attached hydrogens (primary N) is 1. The van der Waals surface area contributed by atoms with Crippen LogP contribution in [0.5, 0.6) is 5.75 Å². The second-order valence-corrected chi connectivity index (χ2v) is 11.8. The Balaban J connectivity index is 1.65. The summed E-state index contributed by atoms with van der Waals surface area (Å²) in [6, 6.07) is 1.74. The molecule has 1 aliphatic heterocycles. The van der Waals surface area contributed by atoms with Gasteiger partial charge in [-0.2, -0.15) is 0 Å². The van der Waals surface area contributed by atoms with Crippen molar-refractivity contribution in [1.82, 2.24) is 9.80 Å². The Hall–Kier alpha value is -3.17. The van der Waals surface area contributed by atoms with Crippen LogP contribution in [0.4, 0.5) is 5.69 Å². The van der Waals surface area contributed by atoms with Crippen LogP contribution < -0.4 is 10.6 Å². The number of benzene rings is 1. The molecule has 1 amide bonds. The number of carbonyl (C=O) groups excluding carboxylic acids is 3. The fourth-order valence-corrected chi connectivity index (χ4v) is 7.16. The molecular formula is C29H38N4O5. The highest BCUT2D eigenvalue weighted by Gasteiger charge is 2.52. The van der Waals surface area contributed by atoms with Crippen LogP contribution in [0.3, 0.4) is 0 Å². The van der Waals surface area contributed by atoms with Gasteiger partial charge in [0.15, 0.2) is 11.6 Å². The number of Topliss-reactive ketones (excluding diaryl/α,β-unsaturated/α-hetero) is 2. The molecule has 5 rings (SSSR count). The molecule has 0 bridgehead atoms. The molecule has 38 heavy (non-hydrogen) atoms. The molecule has 1 fully saturated rings. The molecular weight excluding hydrogens is 484 g/mol. The summed E-state index contributed by atoms with van der Waals surface area (Å²) >= 11 is 0. The average molecular weight is 523 g/mol. The van der Waals surface area contributed by atoms with Crippen LogP contribution in [0.15, 0.2) is 29.0 Å². The van der Waals surface area contributed by atoms with Gasteiger partial charge in [0.1, 0.15) is 11.5 Å². The average Bonchev–Trinajstić information content (AvgIpc) is 2.84. The van der Waals surface area contributed by atoms with E-state index in [1.165, 1.54) is 0 Å². The number of phenolic OH excluding ortho intramolecular Hbond substituents is 1. The standard InChI is InChI=1S/C29H38N4O5/c1-31(2)20-12-16(14-6-8-33(5)9-7-14)25(34)23-17(20)10-15-11-18-21(32(3)4)13-19(29(30)38)26(35)24(18)28(37)22(15)27(23)36/h12-15,18,21,24,34,37H,6-11H2,1-5H3,(H2,30,38)/t15-,18-,21+,24+/m0/s1. The second kappa shape index (κ2) is 9.54. The molecule has 0 saturated carbocycles. The number of amides is 1. The molecule has 4 N–H and O–H groups in total. The lowest BCUT2D eigenvalue weighted by Gasteiger charge is -2.45. The zero-order chi connectivity index (χ0) is 27.6. The highest BCUT2D eigenvalue weighted by atomic mass is 16.3. The molecule has 4 aliphatic rings. The van der Waals surface area contributed by atoms with Gasteiger partial charge in [-0.15, -0.1) is 0 Å². The van der Waals surface area contributed by atoms with Crippen LogP contribution in [0, 0.1) is 17.8 Å². The minimum absolute atomic E-state index is 0.00936. The van der Waals surface area contributed by atoms with Crippen molar-refractivity contribution in [3.63, 3.8) is 0 Å². The molecule has 0 spiro atoms. The Morgan fingerprint density at radius 3 is 2.32 bits per heavy atom. The highest BCUT2D eigenvalue weighted by molar-refractivity contribution is 6.22. The van der Waals surface area contributed by atoms with Gasteiger partial charge in [-0.1, -0.05) is 6.08 Å². The number of carbonyl (C=O) groups is 3. The Bertz CT molecular complexity index is 1270. The largest absolute Gasteiger partial charge is 0.511 e. The SMILES string of the molecule is CN1CCC(c2cc(N(C)C)c3c(c2O)C(=O)C2=C(O)[C@H]4C(=O)C(C(N)=O)=C[C@@H](N(C)C)[C@@H]4C[C@@H]2C3)CC1. The van der Waals surface area contributed by atoms with E-state index in [-0.39, 0.29) is 52.0 Å². The van der Waals surface area contributed by atoms with Crippen molar-refractivity contribution in [2.24, 2.45) is 23.5 Å².